The molecule has 1 amide bonds. The van der Waals surface area contributed by atoms with E-state index < -0.39 is 0 Å². The quantitative estimate of drug-likeness (QED) is 0.902. The molecule has 22 heavy (non-hydrogen) atoms. The zero-order chi connectivity index (χ0) is 16.1. The molecule has 0 aliphatic carbocycles. The van der Waals surface area contributed by atoms with Gasteiger partial charge in [-0.05, 0) is 56.7 Å². The number of aromatic nitrogens is 1. The molecule has 0 aliphatic heterocycles. The summed E-state index contributed by atoms with van der Waals surface area (Å²) in [7, 11) is 0. The lowest BCUT2D eigenvalue weighted by Crippen LogP contribution is -2.32. The molecule has 2 rings (SSSR count). The van der Waals surface area contributed by atoms with Gasteiger partial charge in [0.25, 0.3) is 5.91 Å². The standard InChI is InChI=1S/C18H21FN2O/c1-4-5-12(2)20-18(22)16-10-11-17(21-13(16)3)14-6-8-15(19)9-7-14/h6-12H,4-5H2,1-3H3,(H,20,22). The molecule has 0 spiro atoms. The molecule has 1 heterocycles. The third-order valence-corrected chi connectivity index (χ3v) is 3.57. The monoisotopic (exact) mass is 300 g/mol. The van der Waals surface area contributed by atoms with Gasteiger partial charge in [0.15, 0.2) is 0 Å². The highest BCUT2D eigenvalue weighted by atomic mass is 19.1. The van der Waals surface area contributed by atoms with Crippen LogP contribution in [0, 0.1) is 12.7 Å². The Morgan fingerprint density at radius 3 is 2.50 bits per heavy atom. The largest absolute Gasteiger partial charge is 0.350 e. The summed E-state index contributed by atoms with van der Waals surface area (Å²) in [5, 5.41) is 2.98. The molecule has 2 aromatic rings. The van der Waals surface area contributed by atoms with Gasteiger partial charge in [0.2, 0.25) is 0 Å². The lowest BCUT2D eigenvalue weighted by atomic mass is 10.1. The van der Waals surface area contributed by atoms with Crippen LogP contribution in [0.15, 0.2) is 36.4 Å². The van der Waals surface area contributed by atoms with E-state index in [1.165, 1.54) is 12.1 Å². The van der Waals surface area contributed by atoms with E-state index in [1.54, 1.807) is 24.3 Å². The van der Waals surface area contributed by atoms with Crippen molar-refractivity contribution >= 4 is 5.91 Å². The van der Waals surface area contributed by atoms with Gasteiger partial charge in [-0.15, -0.1) is 0 Å². The highest BCUT2D eigenvalue weighted by molar-refractivity contribution is 5.95. The number of hydrogen-bond acceptors (Lipinski definition) is 2. The highest BCUT2D eigenvalue weighted by Gasteiger charge is 2.13. The van der Waals surface area contributed by atoms with Gasteiger partial charge in [-0.25, -0.2) is 4.39 Å². The van der Waals surface area contributed by atoms with Gasteiger partial charge >= 0.3 is 0 Å². The number of amides is 1. The molecule has 1 N–H and O–H groups in total. The normalized spacial score (nSPS) is 12.0. The van der Waals surface area contributed by atoms with Gasteiger partial charge in [-0.3, -0.25) is 9.78 Å². The smallest absolute Gasteiger partial charge is 0.253 e. The van der Waals surface area contributed by atoms with Gasteiger partial charge in [0.05, 0.1) is 17.0 Å². The minimum atomic E-state index is -0.276. The Bertz CT molecular complexity index is 653. The van der Waals surface area contributed by atoms with Crippen LogP contribution in [0.25, 0.3) is 11.3 Å². The Balaban J connectivity index is 2.19. The van der Waals surface area contributed by atoms with E-state index in [-0.39, 0.29) is 17.8 Å². The van der Waals surface area contributed by atoms with Crippen molar-refractivity contribution in [2.75, 3.05) is 0 Å². The minimum Gasteiger partial charge on any atom is -0.350 e. The summed E-state index contributed by atoms with van der Waals surface area (Å²) < 4.78 is 13.0. The van der Waals surface area contributed by atoms with Gasteiger partial charge in [0.1, 0.15) is 5.82 Å². The van der Waals surface area contributed by atoms with Crippen LogP contribution in [0.5, 0.6) is 0 Å². The van der Waals surface area contributed by atoms with Gasteiger partial charge < -0.3 is 5.32 Å². The molecule has 1 unspecified atom stereocenters. The first kappa shape index (κ1) is 16.1. The summed E-state index contributed by atoms with van der Waals surface area (Å²) in [4.78, 5) is 16.7. The molecule has 1 aromatic heterocycles. The van der Waals surface area contributed by atoms with E-state index >= 15 is 0 Å². The van der Waals surface area contributed by atoms with Crippen molar-refractivity contribution in [2.45, 2.75) is 39.7 Å². The first-order chi connectivity index (χ1) is 10.5. The zero-order valence-electron chi connectivity index (χ0n) is 13.2. The molecule has 0 radical (unpaired) electrons. The molecule has 0 fully saturated rings. The Hall–Kier alpha value is -2.23. The predicted octanol–water partition coefficient (Wildman–Crippen LogP) is 4.11. The van der Waals surface area contributed by atoms with E-state index in [1.807, 2.05) is 13.8 Å². The fourth-order valence-electron chi connectivity index (χ4n) is 2.39. The van der Waals surface area contributed by atoms with E-state index in [2.05, 4.69) is 17.2 Å². The number of pyridine rings is 1. The number of carbonyl (C=O) groups is 1. The molecule has 0 bridgehead atoms. The van der Waals surface area contributed by atoms with E-state index in [0.29, 0.717) is 11.3 Å². The SMILES string of the molecule is CCCC(C)NC(=O)c1ccc(-c2ccc(F)cc2)nc1C. The fraction of sp³-hybridized carbons (Fsp3) is 0.333. The Labute approximate surface area is 130 Å². The number of hydrogen-bond donors (Lipinski definition) is 1. The van der Waals surface area contributed by atoms with Crippen molar-refractivity contribution in [3.05, 3.63) is 53.5 Å². The number of nitrogens with one attached hydrogen (secondary N) is 1. The van der Waals surface area contributed by atoms with Crippen molar-refractivity contribution in [3.8, 4) is 11.3 Å². The van der Waals surface area contributed by atoms with Crippen LogP contribution in [0.1, 0.15) is 42.7 Å². The highest BCUT2D eigenvalue weighted by Crippen LogP contribution is 2.19. The van der Waals surface area contributed by atoms with Crippen molar-refractivity contribution in [3.63, 3.8) is 0 Å². The van der Waals surface area contributed by atoms with Crippen LogP contribution in [0.3, 0.4) is 0 Å². The van der Waals surface area contributed by atoms with Gasteiger partial charge in [-0.1, -0.05) is 13.3 Å². The molecule has 1 atom stereocenters. The third-order valence-electron chi connectivity index (χ3n) is 3.57. The summed E-state index contributed by atoms with van der Waals surface area (Å²) in [6.07, 6.45) is 1.98. The second-order valence-corrected chi connectivity index (χ2v) is 5.50. The summed E-state index contributed by atoms with van der Waals surface area (Å²) in [6.45, 7) is 5.90. The summed E-state index contributed by atoms with van der Waals surface area (Å²) in [5.41, 5.74) is 2.81. The number of aryl methyl sites for hydroxylation is 1. The van der Waals surface area contributed by atoms with Crippen molar-refractivity contribution < 1.29 is 9.18 Å². The average Bonchev–Trinajstić information content (AvgIpc) is 2.47. The number of halogens is 1. The second-order valence-electron chi connectivity index (χ2n) is 5.50. The van der Waals surface area contributed by atoms with Crippen molar-refractivity contribution in [2.24, 2.45) is 0 Å². The molecule has 3 nitrogen and oxygen atoms in total. The lowest BCUT2D eigenvalue weighted by molar-refractivity contribution is 0.0937. The molecule has 0 aliphatic rings. The molecule has 1 aromatic carbocycles. The number of rotatable bonds is 5. The minimum absolute atomic E-state index is 0.100. The third kappa shape index (κ3) is 3.91. The molecule has 0 saturated carbocycles. The summed E-state index contributed by atoms with van der Waals surface area (Å²) in [6, 6.07) is 9.88. The molecule has 4 heteroatoms. The summed E-state index contributed by atoms with van der Waals surface area (Å²) in [5.74, 6) is -0.377. The Morgan fingerprint density at radius 1 is 1.23 bits per heavy atom. The van der Waals surface area contributed by atoms with Crippen molar-refractivity contribution in [1.82, 2.24) is 10.3 Å². The second kappa shape index (κ2) is 7.16. The topological polar surface area (TPSA) is 42.0 Å². The van der Waals surface area contributed by atoms with Crippen LogP contribution in [0.4, 0.5) is 4.39 Å². The average molecular weight is 300 g/mol. The maximum Gasteiger partial charge on any atom is 0.253 e. The van der Waals surface area contributed by atoms with Crippen molar-refractivity contribution in [1.29, 1.82) is 0 Å². The molecular formula is C18H21FN2O. The van der Waals surface area contributed by atoms with E-state index in [9.17, 15) is 9.18 Å². The van der Waals surface area contributed by atoms with Crippen LogP contribution >= 0.6 is 0 Å². The number of carbonyl (C=O) groups excluding carboxylic acids is 1. The maximum absolute atomic E-state index is 13.0. The Morgan fingerprint density at radius 2 is 1.91 bits per heavy atom. The van der Waals surface area contributed by atoms with Crippen LogP contribution < -0.4 is 5.32 Å². The van der Waals surface area contributed by atoms with E-state index in [4.69, 9.17) is 0 Å². The van der Waals surface area contributed by atoms with E-state index in [0.717, 1.165) is 24.1 Å². The Kier molecular flexibility index (Phi) is 5.26. The first-order valence-electron chi connectivity index (χ1n) is 7.55. The van der Waals surface area contributed by atoms with Crippen LogP contribution in [-0.2, 0) is 0 Å². The number of nitrogens with zero attached hydrogens (tertiary/aromatic N) is 1. The number of benzene rings is 1. The maximum atomic E-state index is 13.0. The molecule has 0 saturated heterocycles. The van der Waals surface area contributed by atoms with Crippen LogP contribution in [-0.4, -0.2) is 16.9 Å². The molecule has 116 valence electrons. The zero-order valence-corrected chi connectivity index (χ0v) is 13.2. The van der Waals surface area contributed by atoms with Gasteiger partial charge in [-0.2, -0.15) is 0 Å². The predicted molar refractivity (Wildman–Crippen MR) is 86.2 cm³/mol. The van der Waals surface area contributed by atoms with Crippen LogP contribution in [0.2, 0.25) is 0 Å². The lowest BCUT2D eigenvalue weighted by Gasteiger charge is -2.14. The summed E-state index contributed by atoms with van der Waals surface area (Å²) >= 11 is 0. The fourth-order valence-corrected chi connectivity index (χ4v) is 2.39. The molecular weight excluding hydrogens is 279 g/mol. The van der Waals surface area contributed by atoms with Gasteiger partial charge in [0, 0.05) is 11.6 Å². The first-order valence-corrected chi connectivity index (χ1v) is 7.55.